The van der Waals surface area contributed by atoms with Gasteiger partial charge >= 0.3 is 0 Å². The third-order valence-corrected chi connectivity index (χ3v) is 4.16. The third kappa shape index (κ3) is 3.68. The van der Waals surface area contributed by atoms with Crippen molar-refractivity contribution in [3.8, 4) is 11.5 Å². The summed E-state index contributed by atoms with van der Waals surface area (Å²) < 4.78 is 24.1. The SMILES string of the molecule is COc1cccc(OC)c1C(O)CSc1ccccc1F. The van der Waals surface area contributed by atoms with Crippen molar-refractivity contribution >= 4 is 11.8 Å². The fraction of sp³-hybridized carbons (Fsp3) is 0.250. The Bertz CT molecular complexity index is 582. The first-order chi connectivity index (χ1) is 10.2. The zero-order valence-corrected chi connectivity index (χ0v) is 12.7. The molecular weight excluding hydrogens is 291 g/mol. The van der Waals surface area contributed by atoms with Crippen LogP contribution >= 0.6 is 11.8 Å². The predicted octanol–water partition coefficient (Wildman–Crippen LogP) is 3.67. The molecule has 0 saturated heterocycles. The second kappa shape index (κ2) is 7.33. The molecule has 0 heterocycles. The molecule has 0 aliphatic heterocycles. The molecule has 1 atom stereocenters. The summed E-state index contributed by atoms with van der Waals surface area (Å²) in [4.78, 5) is 0.505. The van der Waals surface area contributed by atoms with Crippen molar-refractivity contribution in [2.24, 2.45) is 0 Å². The summed E-state index contributed by atoms with van der Waals surface area (Å²) >= 11 is 1.25. The van der Waals surface area contributed by atoms with E-state index in [1.807, 2.05) is 0 Å². The average Bonchev–Trinajstić information content (AvgIpc) is 2.52. The van der Waals surface area contributed by atoms with Crippen LogP contribution in [-0.4, -0.2) is 25.1 Å². The lowest BCUT2D eigenvalue weighted by atomic mass is 10.1. The van der Waals surface area contributed by atoms with E-state index >= 15 is 0 Å². The topological polar surface area (TPSA) is 38.7 Å². The maximum absolute atomic E-state index is 13.6. The Morgan fingerprint density at radius 1 is 1.05 bits per heavy atom. The Balaban J connectivity index is 2.17. The number of rotatable bonds is 6. The standard InChI is InChI=1S/C16H17FO3S/c1-19-13-7-5-8-14(20-2)16(13)12(18)10-21-15-9-4-3-6-11(15)17/h3-9,12,18H,10H2,1-2H3. The van der Waals surface area contributed by atoms with Crippen molar-refractivity contribution in [2.75, 3.05) is 20.0 Å². The van der Waals surface area contributed by atoms with E-state index in [1.165, 1.54) is 32.0 Å². The Morgan fingerprint density at radius 3 is 2.24 bits per heavy atom. The number of aliphatic hydroxyl groups excluding tert-OH is 1. The number of thioether (sulfide) groups is 1. The van der Waals surface area contributed by atoms with Gasteiger partial charge < -0.3 is 14.6 Å². The Hall–Kier alpha value is -1.72. The number of ether oxygens (including phenoxy) is 2. The number of halogens is 1. The number of methoxy groups -OCH3 is 2. The van der Waals surface area contributed by atoms with Crippen LogP contribution in [0.5, 0.6) is 11.5 Å². The lowest BCUT2D eigenvalue weighted by Gasteiger charge is -2.17. The molecule has 0 saturated carbocycles. The predicted molar refractivity (Wildman–Crippen MR) is 81.6 cm³/mol. The van der Waals surface area contributed by atoms with Gasteiger partial charge in [-0.05, 0) is 24.3 Å². The van der Waals surface area contributed by atoms with E-state index in [1.54, 1.807) is 36.4 Å². The highest BCUT2D eigenvalue weighted by Gasteiger charge is 2.19. The van der Waals surface area contributed by atoms with Gasteiger partial charge in [-0.2, -0.15) is 0 Å². The van der Waals surface area contributed by atoms with Crippen LogP contribution in [0.4, 0.5) is 4.39 Å². The second-order valence-electron chi connectivity index (χ2n) is 4.33. The third-order valence-electron chi connectivity index (χ3n) is 3.03. The van der Waals surface area contributed by atoms with E-state index in [2.05, 4.69) is 0 Å². The monoisotopic (exact) mass is 308 g/mol. The van der Waals surface area contributed by atoms with E-state index in [0.717, 1.165) is 0 Å². The molecular formula is C16H17FO3S. The summed E-state index contributed by atoms with van der Waals surface area (Å²) in [6.07, 6.45) is -0.819. The van der Waals surface area contributed by atoms with Gasteiger partial charge in [0.1, 0.15) is 17.3 Å². The van der Waals surface area contributed by atoms with Gasteiger partial charge in [-0.25, -0.2) is 4.39 Å². The molecule has 3 nitrogen and oxygen atoms in total. The van der Waals surface area contributed by atoms with Crippen LogP contribution < -0.4 is 9.47 Å². The second-order valence-corrected chi connectivity index (χ2v) is 5.40. The van der Waals surface area contributed by atoms with Gasteiger partial charge in [0.15, 0.2) is 0 Å². The zero-order valence-electron chi connectivity index (χ0n) is 11.9. The molecule has 0 spiro atoms. The van der Waals surface area contributed by atoms with Crippen LogP contribution in [0.1, 0.15) is 11.7 Å². The molecule has 112 valence electrons. The maximum atomic E-state index is 13.6. The number of aliphatic hydroxyl groups is 1. The zero-order chi connectivity index (χ0) is 15.2. The fourth-order valence-electron chi connectivity index (χ4n) is 2.02. The van der Waals surface area contributed by atoms with Crippen LogP contribution in [0.3, 0.4) is 0 Å². The summed E-state index contributed by atoms with van der Waals surface area (Å²) in [5, 5.41) is 10.4. The largest absolute Gasteiger partial charge is 0.496 e. The maximum Gasteiger partial charge on any atom is 0.136 e. The number of hydrogen-bond donors (Lipinski definition) is 1. The van der Waals surface area contributed by atoms with Crippen molar-refractivity contribution in [3.63, 3.8) is 0 Å². The van der Waals surface area contributed by atoms with Crippen LogP contribution in [0, 0.1) is 5.82 Å². The molecule has 1 unspecified atom stereocenters. The van der Waals surface area contributed by atoms with Crippen molar-refractivity contribution in [1.29, 1.82) is 0 Å². The van der Waals surface area contributed by atoms with Crippen molar-refractivity contribution in [3.05, 3.63) is 53.8 Å². The molecule has 1 N–H and O–H groups in total. The molecule has 5 heteroatoms. The lowest BCUT2D eigenvalue weighted by molar-refractivity contribution is 0.193. The molecule has 0 bridgehead atoms. The smallest absolute Gasteiger partial charge is 0.136 e. The molecule has 0 aliphatic carbocycles. The summed E-state index contributed by atoms with van der Waals surface area (Å²) in [7, 11) is 3.07. The van der Waals surface area contributed by atoms with Crippen LogP contribution in [-0.2, 0) is 0 Å². The van der Waals surface area contributed by atoms with Gasteiger partial charge in [-0.3, -0.25) is 0 Å². The van der Waals surface area contributed by atoms with Gasteiger partial charge in [0.25, 0.3) is 0 Å². The summed E-state index contributed by atoms with van der Waals surface area (Å²) in [5.41, 5.74) is 0.575. The van der Waals surface area contributed by atoms with E-state index in [0.29, 0.717) is 27.7 Å². The Kier molecular flexibility index (Phi) is 5.47. The molecule has 2 aromatic rings. The first-order valence-corrected chi connectivity index (χ1v) is 7.42. The fourth-order valence-corrected chi connectivity index (χ4v) is 2.91. The van der Waals surface area contributed by atoms with Crippen molar-refractivity contribution < 1.29 is 19.0 Å². The van der Waals surface area contributed by atoms with Gasteiger partial charge in [-0.1, -0.05) is 18.2 Å². The first-order valence-electron chi connectivity index (χ1n) is 6.43. The molecule has 0 amide bonds. The molecule has 0 fully saturated rings. The first kappa shape index (κ1) is 15.7. The van der Waals surface area contributed by atoms with Gasteiger partial charge in [0.2, 0.25) is 0 Å². The van der Waals surface area contributed by atoms with Gasteiger partial charge in [0, 0.05) is 10.6 Å². The highest BCUT2D eigenvalue weighted by molar-refractivity contribution is 7.99. The summed E-state index contributed by atoms with van der Waals surface area (Å²) in [5.74, 6) is 1.12. The minimum Gasteiger partial charge on any atom is -0.496 e. The molecule has 0 radical (unpaired) electrons. The minimum absolute atomic E-state index is 0.290. The molecule has 2 aromatic carbocycles. The Labute approximate surface area is 127 Å². The lowest BCUT2D eigenvalue weighted by Crippen LogP contribution is -2.06. The van der Waals surface area contributed by atoms with E-state index < -0.39 is 6.10 Å². The quantitative estimate of drug-likeness (QED) is 0.827. The number of benzene rings is 2. The highest BCUT2D eigenvalue weighted by Crippen LogP contribution is 2.36. The molecule has 21 heavy (non-hydrogen) atoms. The van der Waals surface area contributed by atoms with E-state index in [4.69, 9.17) is 9.47 Å². The summed E-state index contributed by atoms with van der Waals surface area (Å²) in [6, 6.07) is 11.8. The Morgan fingerprint density at radius 2 is 1.67 bits per heavy atom. The molecule has 0 aliphatic rings. The van der Waals surface area contributed by atoms with Gasteiger partial charge in [-0.15, -0.1) is 11.8 Å². The average molecular weight is 308 g/mol. The van der Waals surface area contributed by atoms with Gasteiger partial charge in [0.05, 0.1) is 25.9 Å². The normalized spacial score (nSPS) is 12.0. The molecule has 2 rings (SSSR count). The van der Waals surface area contributed by atoms with E-state index in [-0.39, 0.29) is 5.82 Å². The van der Waals surface area contributed by atoms with Crippen LogP contribution in [0.25, 0.3) is 0 Å². The van der Waals surface area contributed by atoms with Crippen LogP contribution in [0.15, 0.2) is 47.4 Å². The highest BCUT2D eigenvalue weighted by atomic mass is 32.2. The van der Waals surface area contributed by atoms with Crippen molar-refractivity contribution in [1.82, 2.24) is 0 Å². The molecule has 0 aromatic heterocycles. The van der Waals surface area contributed by atoms with Crippen LogP contribution in [0.2, 0.25) is 0 Å². The summed E-state index contributed by atoms with van der Waals surface area (Å²) in [6.45, 7) is 0. The van der Waals surface area contributed by atoms with Crippen molar-refractivity contribution in [2.45, 2.75) is 11.0 Å². The minimum atomic E-state index is -0.819. The number of hydrogen-bond acceptors (Lipinski definition) is 4. The van der Waals surface area contributed by atoms with E-state index in [9.17, 15) is 9.50 Å².